The maximum absolute atomic E-state index is 2.51. The van der Waals surface area contributed by atoms with Gasteiger partial charge in [0.1, 0.15) is 0 Å². The Kier molecular flexibility index (Phi) is 9.12. The first-order valence-electron chi connectivity index (χ1n) is 16.8. The molecule has 0 spiro atoms. The Hall–Kier alpha value is -4.30. The normalized spacial score (nSPS) is 21.3. The number of hydrogen-bond acceptors (Lipinski definition) is 2. The Morgan fingerprint density at radius 3 is 2.18 bits per heavy atom. The monoisotopic (exact) mass is 592 g/mol. The van der Waals surface area contributed by atoms with Crippen LogP contribution < -0.4 is 9.80 Å². The topological polar surface area (TPSA) is 6.48 Å². The number of aryl methyl sites for hydroxylation is 3. The zero-order chi connectivity index (χ0) is 31.5. The second kappa shape index (κ2) is 13.4. The maximum Gasteiger partial charge on any atom is 0.0562 e. The SMILES string of the molecule is CC1=CC=CC(N(c2cccc(C)c2)c2ccc(C3=CC(C)C=C(N(C4=CC(C)CCC4)c4cccc(C)c4)C=C3)c(C)c2)C1. The van der Waals surface area contributed by atoms with E-state index in [2.05, 4.69) is 167 Å². The predicted molar refractivity (Wildman–Crippen MR) is 195 cm³/mol. The molecule has 0 aromatic heterocycles. The van der Waals surface area contributed by atoms with Gasteiger partial charge >= 0.3 is 0 Å². The van der Waals surface area contributed by atoms with Crippen molar-refractivity contribution in [1.82, 2.24) is 0 Å². The highest BCUT2D eigenvalue weighted by atomic mass is 15.2. The Balaban J connectivity index is 1.34. The molecular formula is C43H48N2. The standard InChI is InChI=1S/C43H48N2/c1-30-11-7-15-37(24-30)44(38-16-8-12-31(2)25-38)41-20-19-36(23-34(5)28-41)43-22-21-42(29-35(43)6)45(39-17-9-13-32(3)26-39)40-18-10-14-33(4)27-40/h7,9-11,13-15,17-26,28-29,31,34,40H,8,12,16,27H2,1-6H3. The van der Waals surface area contributed by atoms with Gasteiger partial charge in [-0.3, -0.25) is 0 Å². The minimum absolute atomic E-state index is 0.287. The Morgan fingerprint density at radius 2 is 1.47 bits per heavy atom. The molecule has 2 heteroatoms. The van der Waals surface area contributed by atoms with Gasteiger partial charge in [-0.05, 0) is 136 Å². The maximum atomic E-state index is 2.51. The molecule has 0 amide bonds. The third-order valence-electron chi connectivity index (χ3n) is 9.34. The number of benzene rings is 3. The van der Waals surface area contributed by atoms with Crippen molar-refractivity contribution in [1.29, 1.82) is 0 Å². The fourth-order valence-electron chi connectivity index (χ4n) is 7.17. The Bertz CT molecular complexity index is 1740. The van der Waals surface area contributed by atoms with Crippen LogP contribution in [0.5, 0.6) is 0 Å². The summed E-state index contributed by atoms with van der Waals surface area (Å²) in [6.07, 6.45) is 23.5. The molecule has 0 saturated carbocycles. The van der Waals surface area contributed by atoms with E-state index in [1.165, 1.54) is 74.7 Å². The number of nitrogens with zero attached hydrogens (tertiary/aromatic N) is 2. The molecule has 3 aromatic carbocycles. The summed E-state index contributed by atoms with van der Waals surface area (Å²) >= 11 is 0. The quantitative estimate of drug-likeness (QED) is 0.269. The lowest BCUT2D eigenvalue weighted by atomic mass is 9.94. The van der Waals surface area contributed by atoms with E-state index < -0.39 is 0 Å². The fraction of sp³-hybridized carbons (Fsp3) is 0.302. The van der Waals surface area contributed by atoms with Crippen LogP contribution in [0.25, 0.3) is 5.57 Å². The molecule has 0 radical (unpaired) electrons. The van der Waals surface area contributed by atoms with Gasteiger partial charge in [0.2, 0.25) is 0 Å². The van der Waals surface area contributed by atoms with E-state index in [1.807, 2.05) is 0 Å². The average Bonchev–Trinajstić information content (AvgIpc) is 3.19. The van der Waals surface area contributed by atoms with Crippen molar-refractivity contribution in [3.63, 3.8) is 0 Å². The molecule has 0 N–H and O–H groups in total. The first-order valence-corrected chi connectivity index (χ1v) is 16.8. The van der Waals surface area contributed by atoms with E-state index in [4.69, 9.17) is 0 Å². The number of anilines is 3. The van der Waals surface area contributed by atoms with Gasteiger partial charge in [0.15, 0.2) is 0 Å². The summed E-state index contributed by atoms with van der Waals surface area (Å²) in [5.74, 6) is 0.899. The van der Waals surface area contributed by atoms with Crippen molar-refractivity contribution in [2.45, 2.75) is 73.3 Å². The largest absolute Gasteiger partial charge is 0.334 e. The van der Waals surface area contributed by atoms with Gasteiger partial charge in [-0.2, -0.15) is 0 Å². The summed E-state index contributed by atoms with van der Waals surface area (Å²) in [6, 6.07) is 25.2. The van der Waals surface area contributed by atoms with Crippen LogP contribution in [0.15, 0.2) is 132 Å². The van der Waals surface area contributed by atoms with E-state index in [-0.39, 0.29) is 6.04 Å². The van der Waals surface area contributed by atoms with Crippen molar-refractivity contribution < 1.29 is 0 Å². The highest BCUT2D eigenvalue weighted by molar-refractivity contribution is 5.80. The van der Waals surface area contributed by atoms with Gasteiger partial charge in [-0.15, -0.1) is 0 Å². The molecule has 0 fully saturated rings. The van der Waals surface area contributed by atoms with E-state index in [9.17, 15) is 0 Å². The lowest BCUT2D eigenvalue weighted by Crippen LogP contribution is -2.30. The van der Waals surface area contributed by atoms with Crippen molar-refractivity contribution in [3.8, 4) is 0 Å². The lowest BCUT2D eigenvalue weighted by Gasteiger charge is -2.34. The Morgan fingerprint density at radius 1 is 0.733 bits per heavy atom. The van der Waals surface area contributed by atoms with Gasteiger partial charge in [0.05, 0.1) is 6.04 Å². The molecule has 0 saturated heterocycles. The fourth-order valence-corrected chi connectivity index (χ4v) is 7.17. The van der Waals surface area contributed by atoms with E-state index in [1.54, 1.807) is 0 Å². The summed E-state index contributed by atoms with van der Waals surface area (Å²) in [5.41, 5.74) is 14.3. The third-order valence-corrected chi connectivity index (χ3v) is 9.34. The minimum Gasteiger partial charge on any atom is -0.334 e. The molecule has 3 aliphatic rings. The molecule has 45 heavy (non-hydrogen) atoms. The van der Waals surface area contributed by atoms with Gasteiger partial charge < -0.3 is 9.80 Å². The molecule has 3 unspecified atom stereocenters. The van der Waals surface area contributed by atoms with Crippen molar-refractivity contribution >= 4 is 22.6 Å². The molecule has 6 rings (SSSR count). The molecule has 0 aliphatic heterocycles. The second-order valence-corrected chi connectivity index (χ2v) is 13.5. The molecule has 3 aliphatic carbocycles. The van der Waals surface area contributed by atoms with Gasteiger partial charge in [0, 0.05) is 28.5 Å². The molecule has 3 aromatic rings. The first-order chi connectivity index (χ1) is 21.7. The number of rotatable bonds is 7. The summed E-state index contributed by atoms with van der Waals surface area (Å²) in [4.78, 5) is 5.02. The van der Waals surface area contributed by atoms with Crippen molar-refractivity contribution in [2.75, 3.05) is 9.80 Å². The van der Waals surface area contributed by atoms with Crippen LogP contribution in [-0.4, -0.2) is 6.04 Å². The average molecular weight is 593 g/mol. The predicted octanol–water partition coefficient (Wildman–Crippen LogP) is 11.7. The molecular weight excluding hydrogens is 544 g/mol. The Labute approximate surface area is 271 Å². The lowest BCUT2D eigenvalue weighted by molar-refractivity contribution is 0.561. The number of allylic oxidation sites excluding steroid dienone is 9. The molecule has 230 valence electrons. The minimum atomic E-state index is 0.287. The van der Waals surface area contributed by atoms with Gasteiger partial charge in [-0.25, -0.2) is 0 Å². The van der Waals surface area contributed by atoms with Crippen molar-refractivity contribution in [3.05, 3.63) is 155 Å². The third kappa shape index (κ3) is 7.01. The van der Waals surface area contributed by atoms with Gasteiger partial charge in [-0.1, -0.05) is 92.3 Å². The van der Waals surface area contributed by atoms with Gasteiger partial charge in [0.25, 0.3) is 0 Å². The van der Waals surface area contributed by atoms with Crippen LogP contribution in [0.1, 0.15) is 68.7 Å². The zero-order valence-corrected chi connectivity index (χ0v) is 27.9. The van der Waals surface area contributed by atoms with E-state index >= 15 is 0 Å². The summed E-state index contributed by atoms with van der Waals surface area (Å²) in [7, 11) is 0. The smallest absolute Gasteiger partial charge is 0.0562 e. The van der Waals surface area contributed by atoms with Crippen LogP contribution in [-0.2, 0) is 0 Å². The van der Waals surface area contributed by atoms with Crippen LogP contribution in [0.3, 0.4) is 0 Å². The van der Waals surface area contributed by atoms with E-state index in [0.29, 0.717) is 11.8 Å². The first kappa shape index (κ1) is 30.7. The van der Waals surface area contributed by atoms with E-state index in [0.717, 1.165) is 12.8 Å². The summed E-state index contributed by atoms with van der Waals surface area (Å²) in [6.45, 7) is 13.5. The number of hydrogen-bond donors (Lipinski definition) is 0. The zero-order valence-electron chi connectivity index (χ0n) is 27.9. The van der Waals surface area contributed by atoms with Crippen molar-refractivity contribution in [2.24, 2.45) is 11.8 Å². The molecule has 2 nitrogen and oxygen atoms in total. The van der Waals surface area contributed by atoms with Crippen LogP contribution in [0, 0.1) is 32.6 Å². The van der Waals surface area contributed by atoms with Crippen LogP contribution >= 0.6 is 0 Å². The van der Waals surface area contributed by atoms with Crippen LogP contribution in [0.2, 0.25) is 0 Å². The molecule has 0 heterocycles. The summed E-state index contributed by atoms with van der Waals surface area (Å²) < 4.78 is 0. The second-order valence-electron chi connectivity index (χ2n) is 13.5. The highest BCUT2D eigenvalue weighted by Crippen LogP contribution is 2.38. The highest BCUT2D eigenvalue weighted by Gasteiger charge is 2.23. The molecule has 0 bridgehead atoms. The molecule has 3 atom stereocenters. The van der Waals surface area contributed by atoms with Crippen LogP contribution in [0.4, 0.5) is 17.1 Å². The summed E-state index contributed by atoms with van der Waals surface area (Å²) in [5, 5.41) is 0.